The van der Waals surface area contributed by atoms with Crippen LogP contribution in [0.2, 0.25) is 0 Å². The summed E-state index contributed by atoms with van der Waals surface area (Å²) in [5, 5.41) is 0. The van der Waals surface area contributed by atoms with E-state index in [1.54, 1.807) is 30.0 Å². The Bertz CT molecular complexity index is 982. The zero-order valence-corrected chi connectivity index (χ0v) is 17.0. The van der Waals surface area contributed by atoms with Gasteiger partial charge in [0, 0.05) is 13.1 Å². The molecule has 0 aliphatic carbocycles. The lowest BCUT2D eigenvalue weighted by Crippen LogP contribution is -2.46. The number of carbonyl (C=O) groups excluding carboxylic acids is 1. The third-order valence-corrected chi connectivity index (χ3v) is 6.06. The van der Waals surface area contributed by atoms with Crippen molar-refractivity contribution in [2.45, 2.75) is 31.0 Å². The number of carbonyl (C=O) groups is 1. The van der Waals surface area contributed by atoms with Crippen molar-refractivity contribution < 1.29 is 13.2 Å². The Morgan fingerprint density at radius 3 is 1.66 bits per heavy atom. The summed E-state index contributed by atoms with van der Waals surface area (Å²) in [5.41, 5.74) is 1.96. The van der Waals surface area contributed by atoms with E-state index in [0.29, 0.717) is 13.1 Å². The molecule has 0 heterocycles. The summed E-state index contributed by atoms with van der Waals surface area (Å²) in [7, 11) is -3.78. The molecule has 0 saturated carbocycles. The Labute approximate surface area is 172 Å². The second-order valence-corrected chi connectivity index (χ2v) is 8.54. The van der Waals surface area contributed by atoms with Gasteiger partial charge in [0.05, 0.1) is 10.9 Å². The molecule has 3 aromatic carbocycles. The highest BCUT2D eigenvalue weighted by Crippen LogP contribution is 2.14. The molecule has 3 rings (SSSR count). The molecular weight excluding hydrogens is 384 g/mol. The van der Waals surface area contributed by atoms with Crippen molar-refractivity contribution in [1.29, 1.82) is 0 Å². The van der Waals surface area contributed by atoms with Gasteiger partial charge in [0.25, 0.3) is 0 Å². The normalized spacial score (nSPS) is 12.3. The number of amides is 1. The summed E-state index contributed by atoms with van der Waals surface area (Å²) >= 11 is 0. The monoisotopic (exact) mass is 408 g/mol. The summed E-state index contributed by atoms with van der Waals surface area (Å²) in [5.74, 6) is -0.280. The Morgan fingerprint density at radius 1 is 0.793 bits per heavy atom. The second kappa shape index (κ2) is 9.49. The molecule has 29 heavy (non-hydrogen) atoms. The Morgan fingerprint density at radius 2 is 1.21 bits per heavy atom. The minimum atomic E-state index is -3.78. The Hall–Kier alpha value is -2.96. The summed E-state index contributed by atoms with van der Waals surface area (Å²) in [6.07, 6.45) is 0. The summed E-state index contributed by atoms with van der Waals surface area (Å²) < 4.78 is 27.7. The number of benzene rings is 3. The molecule has 0 spiro atoms. The second-order valence-electron chi connectivity index (χ2n) is 6.82. The van der Waals surface area contributed by atoms with Gasteiger partial charge in [-0.15, -0.1) is 0 Å². The van der Waals surface area contributed by atoms with Crippen LogP contribution in [0.3, 0.4) is 0 Å². The third-order valence-electron chi connectivity index (χ3n) is 4.50. The van der Waals surface area contributed by atoms with E-state index >= 15 is 0 Å². The maximum atomic E-state index is 13.2. The SMILES string of the molecule is C[C@H](NS(=O)(=O)c1ccccc1)C(=O)N(Cc1ccccc1)Cc1ccccc1. The van der Waals surface area contributed by atoms with Crippen LogP contribution in [0.4, 0.5) is 0 Å². The lowest BCUT2D eigenvalue weighted by molar-refractivity contribution is -0.133. The number of rotatable bonds is 8. The average molecular weight is 409 g/mol. The van der Waals surface area contributed by atoms with Gasteiger partial charge < -0.3 is 4.90 Å². The van der Waals surface area contributed by atoms with Gasteiger partial charge in [0.1, 0.15) is 0 Å². The molecule has 0 unspecified atom stereocenters. The number of hydrogen-bond donors (Lipinski definition) is 1. The van der Waals surface area contributed by atoms with Crippen molar-refractivity contribution in [3.63, 3.8) is 0 Å². The van der Waals surface area contributed by atoms with Crippen LogP contribution in [-0.4, -0.2) is 25.3 Å². The predicted molar refractivity (Wildman–Crippen MR) is 113 cm³/mol. The van der Waals surface area contributed by atoms with Gasteiger partial charge in [-0.05, 0) is 30.2 Å². The summed E-state index contributed by atoms with van der Waals surface area (Å²) in [6, 6.07) is 26.5. The van der Waals surface area contributed by atoms with Crippen LogP contribution in [0, 0.1) is 0 Å². The molecule has 6 heteroatoms. The quantitative estimate of drug-likeness (QED) is 0.620. The fourth-order valence-corrected chi connectivity index (χ4v) is 4.26. The van der Waals surface area contributed by atoms with Crippen LogP contribution < -0.4 is 4.72 Å². The highest BCUT2D eigenvalue weighted by molar-refractivity contribution is 7.89. The average Bonchev–Trinajstić information content (AvgIpc) is 2.74. The van der Waals surface area contributed by atoms with Gasteiger partial charge in [0.15, 0.2) is 0 Å². The van der Waals surface area contributed by atoms with Gasteiger partial charge in [-0.2, -0.15) is 4.72 Å². The van der Waals surface area contributed by atoms with Crippen LogP contribution >= 0.6 is 0 Å². The van der Waals surface area contributed by atoms with Crippen molar-refractivity contribution in [2.24, 2.45) is 0 Å². The molecule has 1 amide bonds. The van der Waals surface area contributed by atoms with E-state index in [1.165, 1.54) is 12.1 Å². The molecule has 3 aromatic rings. The van der Waals surface area contributed by atoms with Crippen molar-refractivity contribution >= 4 is 15.9 Å². The molecular formula is C23H24N2O3S. The first-order valence-corrected chi connectivity index (χ1v) is 10.9. The Balaban J connectivity index is 1.79. The number of nitrogens with one attached hydrogen (secondary N) is 1. The highest BCUT2D eigenvalue weighted by Gasteiger charge is 2.26. The molecule has 0 fully saturated rings. The fraction of sp³-hybridized carbons (Fsp3) is 0.174. The zero-order chi connectivity index (χ0) is 20.7. The van der Waals surface area contributed by atoms with E-state index in [1.807, 2.05) is 60.7 Å². The van der Waals surface area contributed by atoms with Gasteiger partial charge in [-0.1, -0.05) is 78.9 Å². The maximum absolute atomic E-state index is 13.2. The van der Waals surface area contributed by atoms with E-state index in [2.05, 4.69) is 4.72 Å². The van der Waals surface area contributed by atoms with Gasteiger partial charge in [0.2, 0.25) is 15.9 Å². The van der Waals surface area contributed by atoms with E-state index in [-0.39, 0.29) is 10.8 Å². The predicted octanol–water partition coefficient (Wildman–Crippen LogP) is 3.58. The molecule has 1 N–H and O–H groups in total. The number of sulfonamides is 1. The van der Waals surface area contributed by atoms with Crippen LogP contribution in [0.1, 0.15) is 18.1 Å². The smallest absolute Gasteiger partial charge is 0.241 e. The molecule has 0 saturated heterocycles. The van der Waals surface area contributed by atoms with Gasteiger partial charge in [-0.3, -0.25) is 4.79 Å². The molecule has 0 aliphatic heterocycles. The summed E-state index contributed by atoms with van der Waals surface area (Å²) in [6.45, 7) is 2.36. The minimum Gasteiger partial charge on any atom is -0.333 e. The standard InChI is InChI=1S/C23H24N2O3S/c1-19(24-29(27,28)22-15-9-4-10-16-22)23(26)25(17-20-11-5-2-6-12-20)18-21-13-7-3-8-14-21/h2-16,19,24H,17-18H2,1H3/t19-/m0/s1. The molecule has 150 valence electrons. The first-order valence-electron chi connectivity index (χ1n) is 9.40. The molecule has 0 radical (unpaired) electrons. The molecule has 0 aliphatic rings. The third kappa shape index (κ3) is 5.76. The molecule has 5 nitrogen and oxygen atoms in total. The molecule has 0 bridgehead atoms. The summed E-state index contributed by atoms with van der Waals surface area (Å²) in [4.78, 5) is 15.0. The lowest BCUT2D eigenvalue weighted by atomic mass is 10.1. The number of hydrogen-bond acceptors (Lipinski definition) is 3. The van der Waals surface area contributed by atoms with Crippen molar-refractivity contribution in [2.75, 3.05) is 0 Å². The largest absolute Gasteiger partial charge is 0.333 e. The van der Waals surface area contributed by atoms with Crippen molar-refractivity contribution in [1.82, 2.24) is 9.62 Å². The highest BCUT2D eigenvalue weighted by atomic mass is 32.2. The van der Waals surface area contributed by atoms with E-state index in [4.69, 9.17) is 0 Å². The maximum Gasteiger partial charge on any atom is 0.241 e. The van der Waals surface area contributed by atoms with Crippen molar-refractivity contribution in [3.8, 4) is 0 Å². The first kappa shape index (κ1) is 20.8. The van der Waals surface area contributed by atoms with E-state index in [9.17, 15) is 13.2 Å². The first-order chi connectivity index (χ1) is 14.0. The topological polar surface area (TPSA) is 66.5 Å². The van der Waals surface area contributed by atoms with Gasteiger partial charge in [-0.25, -0.2) is 8.42 Å². The van der Waals surface area contributed by atoms with Gasteiger partial charge >= 0.3 is 0 Å². The lowest BCUT2D eigenvalue weighted by Gasteiger charge is -2.26. The molecule has 0 aromatic heterocycles. The molecule has 1 atom stereocenters. The van der Waals surface area contributed by atoms with E-state index < -0.39 is 16.1 Å². The van der Waals surface area contributed by atoms with Crippen molar-refractivity contribution in [3.05, 3.63) is 102 Å². The Kier molecular flexibility index (Phi) is 6.80. The van der Waals surface area contributed by atoms with Crippen LogP contribution in [0.25, 0.3) is 0 Å². The fourth-order valence-electron chi connectivity index (χ4n) is 3.04. The van der Waals surface area contributed by atoms with E-state index in [0.717, 1.165) is 11.1 Å². The van der Waals surface area contributed by atoms with Crippen LogP contribution in [0.15, 0.2) is 95.9 Å². The van der Waals surface area contributed by atoms with Crippen LogP contribution in [-0.2, 0) is 27.9 Å². The minimum absolute atomic E-state index is 0.136. The zero-order valence-electron chi connectivity index (χ0n) is 16.2. The van der Waals surface area contributed by atoms with Crippen LogP contribution in [0.5, 0.6) is 0 Å². The number of nitrogens with zero attached hydrogens (tertiary/aromatic N) is 1.